The predicted molar refractivity (Wildman–Crippen MR) is 50.2 cm³/mol. The molecule has 0 bridgehead atoms. The van der Waals surface area contributed by atoms with Crippen LogP contribution in [0.2, 0.25) is 0 Å². The summed E-state index contributed by atoms with van der Waals surface area (Å²) in [6.45, 7) is 4.07. The monoisotopic (exact) mass is 221 g/mol. The molecule has 1 heterocycles. The normalized spacial score (nSPS) is 14.6. The van der Waals surface area contributed by atoms with Crippen molar-refractivity contribution in [3.05, 3.63) is 18.0 Å². The standard InChI is InChI=1S/C9H14F3N3/c1-6(2)8(3-13)15-5-7(4-14-15)9(10,11)12/h4-6,8H,3,13H2,1-2H3. The van der Waals surface area contributed by atoms with Crippen LogP contribution < -0.4 is 5.73 Å². The number of hydrogen-bond donors (Lipinski definition) is 1. The number of rotatable bonds is 3. The maximum Gasteiger partial charge on any atom is 0.419 e. The van der Waals surface area contributed by atoms with Crippen molar-refractivity contribution in [2.24, 2.45) is 11.7 Å². The number of nitrogens with zero attached hydrogens (tertiary/aromatic N) is 2. The Morgan fingerprint density at radius 1 is 1.47 bits per heavy atom. The van der Waals surface area contributed by atoms with Gasteiger partial charge in [0.05, 0.1) is 17.8 Å². The molecule has 0 amide bonds. The molecular weight excluding hydrogens is 207 g/mol. The second kappa shape index (κ2) is 4.22. The predicted octanol–water partition coefficient (Wildman–Crippen LogP) is 2.06. The van der Waals surface area contributed by atoms with E-state index in [2.05, 4.69) is 5.10 Å². The molecule has 0 aliphatic rings. The summed E-state index contributed by atoms with van der Waals surface area (Å²) in [6, 6.07) is -0.193. The van der Waals surface area contributed by atoms with Crippen molar-refractivity contribution < 1.29 is 13.2 Å². The lowest BCUT2D eigenvalue weighted by Gasteiger charge is -2.19. The van der Waals surface area contributed by atoms with Crippen molar-refractivity contribution in [1.29, 1.82) is 0 Å². The fourth-order valence-electron chi connectivity index (χ4n) is 1.35. The van der Waals surface area contributed by atoms with Gasteiger partial charge in [-0.25, -0.2) is 0 Å². The van der Waals surface area contributed by atoms with Crippen LogP contribution >= 0.6 is 0 Å². The van der Waals surface area contributed by atoms with Gasteiger partial charge in [-0.2, -0.15) is 18.3 Å². The lowest BCUT2D eigenvalue weighted by atomic mass is 10.1. The molecule has 0 aliphatic carbocycles. The van der Waals surface area contributed by atoms with E-state index < -0.39 is 11.7 Å². The Labute approximate surface area is 86.1 Å². The minimum atomic E-state index is -4.34. The fourth-order valence-corrected chi connectivity index (χ4v) is 1.35. The quantitative estimate of drug-likeness (QED) is 0.849. The number of aromatic nitrogens is 2. The molecule has 0 fully saturated rings. The number of nitrogens with two attached hydrogens (primary N) is 1. The molecule has 0 saturated carbocycles. The van der Waals surface area contributed by atoms with Crippen LogP contribution in [-0.4, -0.2) is 16.3 Å². The van der Waals surface area contributed by atoms with Gasteiger partial charge in [-0.15, -0.1) is 0 Å². The van der Waals surface area contributed by atoms with Crippen LogP contribution in [-0.2, 0) is 6.18 Å². The summed E-state index contributed by atoms with van der Waals surface area (Å²) in [7, 11) is 0. The molecule has 1 atom stereocenters. The molecule has 0 aliphatic heterocycles. The van der Waals surface area contributed by atoms with Gasteiger partial charge in [-0.3, -0.25) is 4.68 Å². The van der Waals surface area contributed by atoms with Gasteiger partial charge in [-0.05, 0) is 5.92 Å². The Balaban J connectivity index is 2.92. The first-order chi connectivity index (χ1) is 6.86. The zero-order chi connectivity index (χ0) is 11.6. The third kappa shape index (κ3) is 2.71. The highest BCUT2D eigenvalue weighted by atomic mass is 19.4. The second-order valence-electron chi connectivity index (χ2n) is 3.75. The first kappa shape index (κ1) is 12.0. The van der Waals surface area contributed by atoms with Gasteiger partial charge in [0, 0.05) is 12.7 Å². The van der Waals surface area contributed by atoms with Gasteiger partial charge in [0.1, 0.15) is 0 Å². The molecule has 2 N–H and O–H groups in total. The zero-order valence-electron chi connectivity index (χ0n) is 8.62. The Morgan fingerprint density at radius 2 is 2.07 bits per heavy atom. The van der Waals surface area contributed by atoms with Crippen LogP contribution in [0.4, 0.5) is 13.2 Å². The third-order valence-corrected chi connectivity index (χ3v) is 2.28. The fraction of sp³-hybridized carbons (Fsp3) is 0.667. The van der Waals surface area contributed by atoms with Gasteiger partial charge in [0.2, 0.25) is 0 Å². The average Bonchev–Trinajstić information content (AvgIpc) is 2.52. The van der Waals surface area contributed by atoms with Gasteiger partial charge < -0.3 is 5.73 Å². The van der Waals surface area contributed by atoms with Gasteiger partial charge in [0.15, 0.2) is 0 Å². The van der Waals surface area contributed by atoms with Gasteiger partial charge >= 0.3 is 6.18 Å². The molecule has 3 nitrogen and oxygen atoms in total. The Hall–Kier alpha value is -1.04. The maximum atomic E-state index is 12.3. The largest absolute Gasteiger partial charge is 0.419 e. The molecular formula is C9H14F3N3. The van der Waals surface area contributed by atoms with Crippen molar-refractivity contribution in [1.82, 2.24) is 9.78 Å². The van der Waals surface area contributed by atoms with E-state index in [-0.39, 0.29) is 18.5 Å². The van der Waals surface area contributed by atoms with Gasteiger partial charge in [-0.1, -0.05) is 13.8 Å². The van der Waals surface area contributed by atoms with Crippen molar-refractivity contribution in [2.75, 3.05) is 6.54 Å². The van der Waals surface area contributed by atoms with E-state index in [0.29, 0.717) is 0 Å². The lowest BCUT2D eigenvalue weighted by Crippen LogP contribution is -2.24. The Kier molecular flexibility index (Phi) is 3.38. The minimum Gasteiger partial charge on any atom is -0.328 e. The molecule has 0 aromatic carbocycles. The topological polar surface area (TPSA) is 43.8 Å². The maximum absolute atomic E-state index is 12.3. The Morgan fingerprint density at radius 3 is 2.40 bits per heavy atom. The summed E-state index contributed by atoms with van der Waals surface area (Å²) in [4.78, 5) is 0. The molecule has 6 heteroatoms. The van der Waals surface area contributed by atoms with E-state index in [4.69, 9.17) is 5.73 Å². The van der Waals surface area contributed by atoms with E-state index in [1.54, 1.807) is 0 Å². The molecule has 1 rings (SSSR count). The molecule has 1 unspecified atom stereocenters. The van der Waals surface area contributed by atoms with Crippen LogP contribution in [0, 0.1) is 5.92 Å². The molecule has 0 radical (unpaired) electrons. The number of alkyl halides is 3. The number of hydrogen-bond acceptors (Lipinski definition) is 2. The zero-order valence-corrected chi connectivity index (χ0v) is 8.62. The van der Waals surface area contributed by atoms with Gasteiger partial charge in [0.25, 0.3) is 0 Å². The summed E-state index contributed by atoms with van der Waals surface area (Å²) in [5.74, 6) is 0.149. The van der Waals surface area contributed by atoms with Crippen LogP contribution in [0.15, 0.2) is 12.4 Å². The summed E-state index contributed by atoms with van der Waals surface area (Å²) in [5.41, 5.74) is 4.75. The average molecular weight is 221 g/mol. The van der Waals surface area contributed by atoms with Crippen molar-refractivity contribution in [2.45, 2.75) is 26.1 Å². The summed E-state index contributed by atoms with van der Waals surface area (Å²) in [5, 5.41) is 3.69. The van der Waals surface area contributed by atoms with Crippen molar-refractivity contribution in [3.8, 4) is 0 Å². The highest BCUT2D eigenvalue weighted by Crippen LogP contribution is 2.29. The molecule has 15 heavy (non-hydrogen) atoms. The molecule has 86 valence electrons. The van der Waals surface area contributed by atoms with E-state index in [9.17, 15) is 13.2 Å². The highest BCUT2D eigenvalue weighted by molar-refractivity contribution is 5.09. The van der Waals surface area contributed by atoms with Crippen LogP contribution in [0.25, 0.3) is 0 Å². The third-order valence-electron chi connectivity index (χ3n) is 2.28. The van der Waals surface area contributed by atoms with Crippen LogP contribution in [0.1, 0.15) is 25.5 Å². The number of halogens is 3. The summed E-state index contributed by atoms with van der Waals surface area (Å²) in [6.07, 6.45) is -2.52. The molecule has 0 spiro atoms. The second-order valence-corrected chi connectivity index (χ2v) is 3.75. The first-order valence-corrected chi connectivity index (χ1v) is 4.67. The van der Waals surface area contributed by atoms with E-state index >= 15 is 0 Å². The molecule has 1 aromatic rings. The summed E-state index contributed by atoms with van der Waals surface area (Å²) >= 11 is 0. The van der Waals surface area contributed by atoms with Crippen molar-refractivity contribution in [3.63, 3.8) is 0 Å². The van der Waals surface area contributed by atoms with E-state index in [1.165, 1.54) is 4.68 Å². The molecule has 1 aromatic heterocycles. The van der Waals surface area contributed by atoms with E-state index in [0.717, 1.165) is 12.4 Å². The smallest absolute Gasteiger partial charge is 0.328 e. The van der Waals surface area contributed by atoms with Crippen molar-refractivity contribution >= 4 is 0 Å². The SMILES string of the molecule is CC(C)C(CN)n1cc(C(F)(F)F)cn1. The first-order valence-electron chi connectivity index (χ1n) is 4.67. The van der Waals surface area contributed by atoms with E-state index in [1.807, 2.05) is 13.8 Å². The van der Waals surface area contributed by atoms with Crippen LogP contribution in [0.3, 0.4) is 0 Å². The lowest BCUT2D eigenvalue weighted by molar-refractivity contribution is -0.137. The summed E-state index contributed by atoms with van der Waals surface area (Å²) < 4.78 is 38.1. The Bertz CT molecular complexity index is 317. The molecule has 0 saturated heterocycles. The highest BCUT2D eigenvalue weighted by Gasteiger charge is 2.32. The van der Waals surface area contributed by atoms with Crippen LogP contribution in [0.5, 0.6) is 0 Å². The minimum absolute atomic E-state index is 0.149.